The molecule has 5 rings (SSSR count). The van der Waals surface area contributed by atoms with E-state index in [1.165, 1.54) is 44.2 Å². The second kappa shape index (κ2) is 6.03. The van der Waals surface area contributed by atoms with Gasteiger partial charge in [-0.2, -0.15) is 0 Å². The first-order valence-corrected chi connectivity index (χ1v) is 9.28. The number of rotatable bonds is 2. The number of nitrogens with zero attached hydrogens (tertiary/aromatic N) is 1. The minimum Gasteiger partial charge on any atom is -0.313 e. The first kappa shape index (κ1) is 15.2. The van der Waals surface area contributed by atoms with Crippen molar-refractivity contribution >= 4 is 27.5 Å². The van der Waals surface area contributed by atoms with Gasteiger partial charge in [0.25, 0.3) is 0 Å². The molecule has 1 aromatic heterocycles. The van der Waals surface area contributed by atoms with Crippen molar-refractivity contribution in [1.29, 1.82) is 0 Å². The van der Waals surface area contributed by atoms with Crippen LogP contribution in [0.3, 0.4) is 0 Å². The van der Waals surface area contributed by atoms with Crippen LogP contribution in [0, 0.1) is 6.92 Å². The highest BCUT2D eigenvalue weighted by Crippen LogP contribution is 2.39. The zero-order valence-electron chi connectivity index (χ0n) is 14.9. The van der Waals surface area contributed by atoms with E-state index in [1.807, 2.05) is 0 Å². The standard InChI is InChI=1S/C25H21N/c1-18-14-16-19(17-15-18)21-11-7-13-24-25(21)22-10-5-6-12-23(22)26(24)20-8-3-2-4-9-20/h2-3,5-8,10-17H,4,9H2,1H3. The van der Waals surface area contributed by atoms with Gasteiger partial charge >= 0.3 is 0 Å². The molecule has 1 nitrogen and oxygen atoms in total. The minimum absolute atomic E-state index is 1.08. The van der Waals surface area contributed by atoms with Crippen molar-refractivity contribution in [1.82, 2.24) is 4.57 Å². The molecule has 4 aromatic rings. The summed E-state index contributed by atoms with van der Waals surface area (Å²) in [6, 6.07) is 24.3. The van der Waals surface area contributed by atoms with Crippen LogP contribution < -0.4 is 0 Å². The third kappa shape index (κ3) is 2.32. The SMILES string of the molecule is Cc1ccc(-c2cccc3c2c2ccccc2n3C2=CC=CCC2)cc1. The molecule has 0 aliphatic heterocycles. The Morgan fingerprint density at radius 1 is 0.808 bits per heavy atom. The van der Waals surface area contributed by atoms with Crippen molar-refractivity contribution in [3.8, 4) is 11.1 Å². The molecule has 0 fully saturated rings. The Labute approximate surface area is 153 Å². The van der Waals surface area contributed by atoms with Crippen molar-refractivity contribution in [3.63, 3.8) is 0 Å². The average Bonchev–Trinajstić information content (AvgIpc) is 3.04. The molecule has 1 aliphatic carbocycles. The molecule has 0 saturated heterocycles. The maximum Gasteiger partial charge on any atom is 0.0544 e. The van der Waals surface area contributed by atoms with E-state index in [-0.39, 0.29) is 0 Å². The van der Waals surface area contributed by atoms with Gasteiger partial charge in [0.15, 0.2) is 0 Å². The van der Waals surface area contributed by atoms with E-state index in [2.05, 4.69) is 96.4 Å². The highest BCUT2D eigenvalue weighted by molar-refractivity contribution is 6.16. The largest absolute Gasteiger partial charge is 0.313 e. The van der Waals surface area contributed by atoms with Gasteiger partial charge < -0.3 is 4.57 Å². The van der Waals surface area contributed by atoms with Gasteiger partial charge in [-0.05, 0) is 49.1 Å². The summed E-state index contributed by atoms with van der Waals surface area (Å²) in [6.45, 7) is 2.14. The molecule has 1 aliphatic rings. The Hall–Kier alpha value is -3.06. The van der Waals surface area contributed by atoms with Gasteiger partial charge in [-0.25, -0.2) is 0 Å². The van der Waals surface area contributed by atoms with Gasteiger partial charge in [-0.1, -0.05) is 72.3 Å². The van der Waals surface area contributed by atoms with E-state index in [4.69, 9.17) is 0 Å². The second-order valence-corrected chi connectivity index (χ2v) is 7.04. The lowest BCUT2D eigenvalue weighted by Crippen LogP contribution is -1.98. The lowest BCUT2D eigenvalue weighted by atomic mass is 9.99. The summed E-state index contributed by atoms with van der Waals surface area (Å²) < 4.78 is 2.45. The van der Waals surface area contributed by atoms with Crippen LogP contribution in [0.15, 0.2) is 85.0 Å². The van der Waals surface area contributed by atoms with Gasteiger partial charge in [0.05, 0.1) is 11.0 Å². The van der Waals surface area contributed by atoms with Gasteiger partial charge in [0, 0.05) is 16.5 Å². The fourth-order valence-electron chi connectivity index (χ4n) is 4.08. The Morgan fingerprint density at radius 3 is 2.42 bits per heavy atom. The number of aromatic nitrogens is 1. The van der Waals surface area contributed by atoms with E-state index in [0.29, 0.717) is 0 Å². The summed E-state index contributed by atoms with van der Waals surface area (Å²) >= 11 is 0. The van der Waals surface area contributed by atoms with Crippen LogP contribution in [0.2, 0.25) is 0 Å². The van der Waals surface area contributed by atoms with Crippen LogP contribution >= 0.6 is 0 Å². The van der Waals surface area contributed by atoms with E-state index in [1.54, 1.807) is 0 Å². The van der Waals surface area contributed by atoms with E-state index >= 15 is 0 Å². The lowest BCUT2D eigenvalue weighted by molar-refractivity contribution is 0.979. The zero-order valence-corrected chi connectivity index (χ0v) is 14.9. The van der Waals surface area contributed by atoms with Crippen molar-refractivity contribution in [2.24, 2.45) is 0 Å². The van der Waals surface area contributed by atoms with Crippen LogP contribution in [0.4, 0.5) is 0 Å². The number of hydrogen-bond donors (Lipinski definition) is 0. The molecule has 0 N–H and O–H groups in total. The monoisotopic (exact) mass is 335 g/mol. The van der Waals surface area contributed by atoms with Crippen molar-refractivity contribution in [3.05, 3.63) is 90.5 Å². The highest BCUT2D eigenvalue weighted by Gasteiger charge is 2.16. The van der Waals surface area contributed by atoms with Gasteiger partial charge in [0.2, 0.25) is 0 Å². The van der Waals surface area contributed by atoms with Gasteiger partial charge in [-0.3, -0.25) is 0 Å². The molecule has 0 spiro atoms. The molecular weight excluding hydrogens is 314 g/mol. The Bertz CT molecular complexity index is 1170. The third-order valence-electron chi connectivity index (χ3n) is 5.34. The topological polar surface area (TPSA) is 4.93 Å². The molecule has 0 amide bonds. The molecule has 0 bridgehead atoms. The summed E-state index contributed by atoms with van der Waals surface area (Å²) in [5, 5.41) is 2.68. The number of aryl methyl sites for hydroxylation is 1. The molecule has 3 aromatic carbocycles. The number of fused-ring (bicyclic) bond motifs is 3. The van der Waals surface area contributed by atoms with Crippen molar-refractivity contribution in [2.75, 3.05) is 0 Å². The van der Waals surface area contributed by atoms with Gasteiger partial charge in [-0.15, -0.1) is 0 Å². The molecule has 0 unspecified atom stereocenters. The molecule has 0 saturated carbocycles. The maximum atomic E-state index is 2.45. The van der Waals surface area contributed by atoms with Crippen LogP contribution in [0.25, 0.3) is 38.6 Å². The second-order valence-electron chi connectivity index (χ2n) is 7.04. The molecule has 1 heteroatoms. The summed E-state index contributed by atoms with van der Waals surface area (Å²) in [4.78, 5) is 0. The summed E-state index contributed by atoms with van der Waals surface area (Å²) in [5.74, 6) is 0. The van der Waals surface area contributed by atoms with Crippen molar-refractivity contribution < 1.29 is 0 Å². The number of para-hydroxylation sites is 1. The Kier molecular flexibility index (Phi) is 3.53. The minimum atomic E-state index is 1.08. The van der Waals surface area contributed by atoms with Crippen LogP contribution in [-0.2, 0) is 0 Å². The zero-order chi connectivity index (χ0) is 17.5. The molecule has 126 valence electrons. The van der Waals surface area contributed by atoms with Crippen molar-refractivity contribution in [2.45, 2.75) is 19.8 Å². The molecule has 1 heterocycles. The van der Waals surface area contributed by atoms with E-state index in [9.17, 15) is 0 Å². The van der Waals surface area contributed by atoms with Gasteiger partial charge in [0.1, 0.15) is 0 Å². The maximum absolute atomic E-state index is 2.45. The number of allylic oxidation sites excluding steroid dienone is 4. The van der Waals surface area contributed by atoms with Crippen LogP contribution in [0.5, 0.6) is 0 Å². The summed E-state index contributed by atoms with van der Waals surface area (Å²) in [7, 11) is 0. The molecule has 0 radical (unpaired) electrons. The first-order valence-electron chi connectivity index (χ1n) is 9.28. The fraction of sp³-hybridized carbons (Fsp3) is 0.120. The highest BCUT2D eigenvalue weighted by atomic mass is 15.0. The Morgan fingerprint density at radius 2 is 1.62 bits per heavy atom. The lowest BCUT2D eigenvalue weighted by Gasteiger charge is -2.14. The summed E-state index contributed by atoms with van der Waals surface area (Å²) in [6.07, 6.45) is 8.88. The van der Waals surface area contributed by atoms with Crippen LogP contribution in [0.1, 0.15) is 18.4 Å². The Balaban J connectivity index is 1.89. The molecular formula is C25H21N. The summed E-state index contributed by atoms with van der Waals surface area (Å²) in [5.41, 5.74) is 7.85. The van der Waals surface area contributed by atoms with E-state index < -0.39 is 0 Å². The fourth-order valence-corrected chi connectivity index (χ4v) is 4.08. The van der Waals surface area contributed by atoms with E-state index in [0.717, 1.165) is 12.8 Å². The normalized spacial score (nSPS) is 14.1. The average molecular weight is 335 g/mol. The number of benzene rings is 3. The number of hydrogen-bond acceptors (Lipinski definition) is 0. The first-order chi connectivity index (χ1) is 12.8. The quantitative estimate of drug-likeness (QED) is 0.373. The molecule has 26 heavy (non-hydrogen) atoms. The predicted molar refractivity (Wildman–Crippen MR) is 112 cm³/mol. The smallest absolute Gasteiger partial charge is 0.0544 e. The third-order valence-corrected chi connectivity index (χ3v) is 5.34. The molecule has 0 atom stereocenters. The predicted octanol–water partition coefficient (Wildman–Crippen LogP) is 6.96. The van der Waals surface area contributed by atoms with Crippen LogP contribution in [-0.4, -0.2) is 4.57 Å².